The molecule has 4 rings (SSSR count). The maximum absolute atomic E-state index is 12.0. The Morgan fingerprint density at radius 2 is 0.729 bits per heavy atom. The van der Waals surface area contributed by atoms with E-state index in [1.807, 2.05) is 54.6 Å². The van der Waals surface area contributed by atoms with Crippen molar-refractivity contribution in [3.63, 3.8) is 0 Å². The molecule has 48 heavy (non-hydrogen) atoms. The molecule has 0 saturated heterocycles. The highest BCUT2D eigenvalue weighted by molar-refractivity contribution is 5.90. The molecule has 0 aromatic heterocycles. The lowest BCUT2D eigenvalue weighted by Crippen LogP contribution is -2.22. The van der Waals surface area contributed by atoms with E-state index in [1.54, 1.807) is 18.2 Å². The van der Waals surface area contributed by atoms with E-state index in [1.165, 1.54) is 54.7 Å². The summed E-state index contributed by atoms with van der Waals surface area (Å²) in [4.78, 5) is 36.1. The Balaban J connectivity index is 1.55. The van der Waals surface area contributed by atoms with Gasteiger partial charge in [-0.3, -0.25) is 0 Å². The van der Waals surface area contributed by atoms with Gasteiger partial charge in [-0.15, -0.1) is 0 Å². The normalized spacial score (nSPS) is 10.9. The molecule has 0 heterocycles. The van der Waals surface area contributed by atoms with Gasteiger partial charge in [0.25, 0.3) is 0 Å². The quantitative estimate of drug-likeness (QED) is 0.108. The number of esters is 3. The van der Waals surface area contributed by atoms with E-state index in [2.05, 4.69) is 36.7 Å². The van der Waals surface area contributed by atoms with Crippen molar-refractivity contribution in [2.24, 2.45) is 0 Å². The maximum atomic E-state index is 12.0. The molecule has 252 valence electrons. The topological polar surface area (TPSA) is 115 Å². The summed E-state index contributed by atoms with van der Waals surface area (Å²) in [6.07, 6.45) is 0. The van der Waals surface area contributed by atoms with E-state index in [-0.39, 0.29) is 17.9 Å². The third-order valence-electron chi connectivity index (χ3n) is 8.65. The molecule has 9 nitrogen and oxygen atoms in total. The first-order valence-electron chi connectivity index (χ1n) is 15.9. The molecule has 4 aromatic carbocycles. The zero-order valence-electron chi connectivity index (χ0n) is 28.6. The van der Waals surface area contributed by atoms with Gasteiger partial charge in [0.15, 0.2) is 0 Å². The van der Waals surface area contributed by atoms with Gasteiger partial charge in [-0.1, -0.05) is 36.4 Å². The van der Waals surface area contributed by atoms with Crippen LogP contribution in [0.25, 0.3) is 0 Å². The predicted octanol–water partition coefficient (Wildman–Crippen LogP) is 5.84. The molecule has 0 radical (unpaired) electrons. The largest absolute Gasteiger partial charge is 0.465 e. The van der Waals surface area contributed by atoms with Gasteiger partial charge in [0, 0.05) is 39.3 Å². The van der Waals surface area contributed by atoms with Gasteiger partial charge < -0.3 is 30.2 Å². The Bertz CT molecular complexity index is 1540. The van der Waals surface area contributed by atoms with E-state index in [0.717, 1.165) is 16.7 Å². The van der Waals surface area contributed by atoms with Gasteiger partial charge in [-0.2, -0.15) is 0 Å². The first-order valence-corrected chi connectivity index (χ1v) is 15.9. The molecule has 0 spiro atoms. The minimum absolute atomic E-state index is 0.356. The molecule has 0 fully saturated rings. The predicted molar refractivity (Wildman–Crippen MR) is 186 cm³/mol. The number of rotatable bonds is 15. The van der Waals surface area contributed by atoms with Crippen molar-refractivity contribution in [2.45, 2.75) is 60.0 Å². The number of hydrogen-bond acceptors (Lipinski definition) is 9. The Kier molecular flexibility index (Phi) is 13.0. The van der Waals surface area contributed by atoms with Gasteiger partial charge >= 0.3 is 17.9 Å². The summed E-state index contributed by atoms with van der Waals surface area (Å²) in [6, 6.07) is 22.4. The highest BCUT2D eigenvalue weighted by Gasteiger charge is 2.17. The molecule has 3 N–H and O–H groups in total. The Morgan fingerprint density at radius 3 is 0.979 bits per heavy atom. The number of carbonyl (C=O) groups excluding carboxylic acids is 3. The van der Waals surface area contributed by atoms with Crippen LogP contribution in [0.3, 0.4) is 0 Å². The van der Waals surface area contributed by atoms with Crippen LogP contribution >= 0.6 is 0 Å². The van der Waals surface area contributed by atoms with Crippen molar-refractivity contribution in [1.29, 1.82) is 0 Å². The van der Waals surface area contributed by atoms with Gasteiger partial charge in [-0.25, -0.2) is 14.4 Å². The molecule has 0 bridgehead atoms. The summed E-state index contributed by atoms with van der Waals surface area (Å²) < 4.78 is 14.7. The Hall–Kier alpha value is -4.83. The van der Waals surface area contributed by atoms with E-state index in [0.29, 0.717) is 56.0 Å². The number of methoxy groups -OCH3 is 3. The van der Waals surface area contributed by atoms with Crippen molar-refractivity contribution in [3.05, 3.63) is 140 Å². The van der Waals surface area contributed by atoms with Crippen LogP contribution in [0, 0.1) is 20.8 Å². The lowest BCUT2D eigenvalue weighted by atomic mass is 9.87. The van der Waals surface area contributed by atoms with E-state index < -0.39 is 0 Å². The summed E-state index contributed by atoms with van der Waals surface area (Å²) >= 11 is 0. The number of hydrogen-bond donors (Lipinski definition) is 3. The van der Waals surface area contributed by atoms with Crippen molar-refractivity contribution in [3.8, 4) is 0 Å². The third kappa shape index (κ3) is 9.16. The van der Waals surface area contributed by atoms with Crippen molar-refractivity contribution < 1.29 is 28.6 Å². The summed E-state index contributed by atoms with van der Waals surface area (Å²) in [7, 11) is 4.15. The fourth-order valence-electron chi connectivity index (χ4n) is 5.96. The van der Waals surface area contributed by atoms with Crippen molar-refractivity contribution in [1.82, 2.24) is 16.0 Å². The average molecular weight is 652 g/mol. The number of ether oxygens (including phenoxy) is 3. The van der Waals surface area contributed by atoms with Crippen molar-refractivity contribution >= 4 is 17.9 Å². The van der Waals surface area contributed by atoms with Crippen LogP contribution in [-0.4, -0.2) is 39.2 Å². The molecule has 0 aliphatic rings. The summed E-state index contributed by atoms with van der Waals surface area (Å²) in [6.45, 7) is 10.2. The van der Waals surface area contributed by atoms with Gasteiger partial charge in [-0.05, 0) is 107 Å². The van der Waals surface area contributed by atoms with Gasteiger partial charge in [0.1, 0.15) is 0 Å². The van der Waals surface area contributed by atoms with Crippen LogP contribution in [-0.2, 0) is 53.5 Å². The third-order valence-corrected chi connectivity index (χ3v) is 8.65. The maximum Gasteiger partial charge on any atom is 0.337 e. The fraction of sp³-hybridized carbons (Fsp3) is 0.308. The molecular formula is C39H45N3O6. The first kappa shape index (κ1) is 36.0. The zero-order valence-corrected chi connectivity index (χ0v) is 28.6. The molecule has 4 aromatic rings. The second-order valence-electron chi connectivity index (χ2n) is 11.7. The minimum atomic E-state index is -0.356. The molecule has 0 saturated carbocycles. The van der Waals surface area contributed by atoms with Crippen LogP contribution < -0.4 is 16.0 Å². The van der Waals surface area contributed by atoms with Gasteiger partial charge in [0.05, 0.1) is 38.0 Å². The van der Waals surface area contributed by atoms with Crippen LogP contribution in [0.5, 0.6) is 0 Å². The number of nitrogens with one attached hydrogen (secondary N) is 3. The summed E-state index contributed by atoms with van der Waals surface area (Å²) in [5.41, 5.74) is 11.9. The number of carbonyl (C=O) groups is 3. The first-order chi connectivity index (χ1) is 23.2. The van der Waals surface area contributed by atoms with E-state index in [9.17, 15) is 14.4 Å². The molecule has 0 aliphatic carbocycles. The molecule has 0 atom stereocenters. The lowest BCUT2D eigenvalue weighted by Gasteiger charge is -2.24. The summed E-state index contributed by atoms with van der Waals surface area (Å²) in [5, 5.41) is 10.8. The highest BCUT2D eigenvalue weighted by Crippen LogP contribution is 2.28. The van der Waals surface area contributed by atoms with Crippen LogP contribution in [0.2, 0.25) is 0 Å². The zero-order chi connectivity index (χ0) is 34.6. The molecule has 0 amide bonds. The van der Waals surface area contributed by atoms with Crippen LogP contribution in [0.1, 0.15) is 81.1 Å². The minimum Gasteiger partial charge on any atom is -0.465 e. The summed E-state index contributed by atoms with van der Waals surface area (Å²) in [5.74, 6) is -1.07. The molecule has 0 aliphatic heterocycles. The highest BCUT2D eigenvalue weighted by atomic mass is 16.5. The number of benzene rings is 4. The second-order valence-corrected chi connectivity index (χ2v) is 11.7. The van der Waals surface area contributed by atoms with Gasteiger partial charge in [0.2, 0.25) is 0 Å². The lowest BCUT2D eigenvalue weighted by molar-refractivity contribution is 0.0591. The van der Waals surface area contributed by atoms with Crippen LogP contribution in [0.4, 0.5) is 0 Å². The van der Waals surface area contributed by atoms with Crippen molar-refractivity contribution in [2.75, 3.05) is 21.3 Å². The molecular weight excluding hydrogens is 606 g/mol. The Labute approximate surface area is 283 Å². The monoisotopic (exact) mass is 651 g/mol. The van der Waals surface area contributed by atoms with Crippen LogP contribution in [0.15, 0.2) is 72.8 Å². The van der Waals surface area contributed by atoms with E-state index >= 15 is 0 Å². The molecule has 0 unspecified atom stereocenters. The average Bonchev–Trinajstić information content (AvgIpc) is 3.11. The Morgan fingerprint density at radius 1 is 0.458 bits per heavy atom. The molecule has 9 heteroatoms. The fourth-order valence-corrected chi connectivity index (χ4v) is 5.96. The SMILES string of the molecule is COC(=O)c1cccc(CNCc2c(C)c(CNCc3cccc(C(=O)OC)c3)c(C)c(CNCc3cccc(C(=O)OC)c3)c2C)c1. The smallest absolute Gasteiger partial charge is 0.337 e. The van der Waals surface area contributed by atoms with E-state index in [4.69, 9.17) is 14.2 Å². The standard InChI is InChI=1S/C39H45N3O6/c1-25-34(22-40-19-28-10-7-13-31(16-28)37(43)46-4)26(2)36(24-42-21-30-12-9-15-33(18-30)39(45)48-6)27(3)35(25)23-41-20-29-11-8-14-32(17-29)38(44)47-5/h7-18,40-42H,19-24H2,1-6H3. The second kappa shape index (κ2) is 17.4.